The number of alkyl halides is 1. The Bertz CT molecular complexity index is 1200. The highest BCUT2D eigenvalue weighted by Crippen LogP contribution is 2.47. The van der Waals surface area contributed by atoms with Gasteiger partial charge in [-0.05, 0) is 32.9 Å². The summed E-state index contributed by atoms with van der Waals surface area (Å²) in [6.07, 6.45) is -4.92. The molecular formula is C22H29FN3O9P. The SMILES string of the molecule is CC(C)OC(=O)[C@H](C)N[P@](=O)(OC[C@@H]1[C@@H](O)[C@@H](O)[C@H](n2ccc(=O)[nH]c2=O)[C@@H]1F)Oc1ccccc1. The fourth-order valence-corrected chi connectivity index (χ4v) is 5.30. The number of aromatic nitrogens is 2. The van der Waals surface area contributed by atoms with E-state index in [2.05, 4.69) is 5.09 Å². The standard InChI is InChI=1S/C22H29FN3O9P/c1-12(2)34-21(30)13(3)25-36(32,35-14-7-5-4-6-8-14)33-11-15-17(23)18(20(29)19(15)28)26-10-9-16(27)24-22(26)31/h4-10,12-13,15,17-20,28-29H,11H2,1-3H3,(H,25,32)(H,24,27,31)/t13-,15-,17+,18+,19+,20-,36-/m0/s1. The second-order valence-corrected chi connectivity index (χ2v) is 10.3. The van der Waals surface area contributed by atoms with Gasteiger partial charge in [-0.2, -0.15) is 5.09 Å². The lowest BCUT2D eigenvalue weighted by Gasteiger charge is -2.25. The van der Waals surface area contributed by atoms with Gasteiger partial charge in [0.25, 0.3) is 5.56 Å². The van der Waals surface area contributed by atoms with Crippen molar-refractivity contribution >= 4 is 13.7 Å². The molecule has 4 N–H and O–H groups in total. The summed E-state index contributed by atoms with van der Waals surface area (Å²) in [5.74, 6) is -2.04. The summed E-state index contributed by atoms with van der Waals surface area (Å²) in [5, 5.41) is 23.4. The maximum absolute atomic E-state index is 15.4. The molecule has 0 saturated heterocycles. The minimum absolute atomic E-state index is 0.124. The van der Waals surface area contributed by atoms with Gasteiger partial charge in [0.15, 0.2) is 0 Å². The second kappa shape index (κ2) is 11.5. The van der Waals surface area contributed by atoms with Crippen molar-refractivity contribution < 1.29 is 37.7 Å². The predicted octanol–water partition coefficient (Wildman–Crippen LogP) is 0.901. The number of nitrogens with zero attached hydrogens (tertiary/aromatic N) is 1. The fourth-order valence-electron chi connectivity index (χ4n) is 3.77. The Hall–Kier alpha value is -2.83. The molecule has 0 spiro atoms. The van der Waals surface area contributed by atoms with Crippen LogP contribution in [-0.2, 0) is 18.6 Å². The molecule has 0 amide bonds. The van der Waals surface area contributed by atoms with Crippen molar-refractivity contribution in [2.45, 2.75) is 57.3 Å². The van der Waals surface area contributed by atoms with E-state index >= 15 is 4.39 Å². The zero-order valence-corrected chi connectivity index (χ0v) is 20.7. The van der Waals surface area contributed by atoms with Crippen molar-refractivity contribution in [3.05, 3.63) is 63.4 Å². The topological polar surface area (TPSA) is 169 Å². The normalized spacial score (nSPS) is 26.4. The quantitative estimate of drug-likeness (QED) is 0.256. The summed E-state index contributed by atoms with van der Waals surface area (Å²) in [4.78, 5) is 37.6. The van der Waals surface area contributed by atoms with Crippen LogP contribution in [0.2, 0.25) is 0 Å². The third-order valence-corrected chi connectivity index (χ3v) is 7.15. The number of carbonyl (C=O) groups excluding carboxylic acids is 1. The largest absolute Gasteiger partial charge is 0.462 e. The molecule has 1 heterocycles. The lowest BCUT2D eigenvalue weighted by molar-refractivity contribution is -0.149. The average molecular weight is 529 g/mol. The number of rotatable bonds is 10. The van der Waals surface area contributed by atoms with E-state index < -0.39 is 74.1 Å². The predicted molar refractivity (Wildman–Crippen MR) is 125 cm³/mol. The number of hydrogen-bond donors (Lipinski definition) is 4. The molecule has 0 bridgehead atoms. The number of halogens is 1. The van der Waals surface area contributed by atoms with Gasteiger partial charge in [-0.3, -0.25) is 23.7 Å². The summed E-state index contributed by atoms with van der Waals surface area (Å²) in [6.45, 7) is 3.94. The van der Waals surface area contributed by atoms with Crippen molar-refractivity contribution in [1.29, 1.82) is 0 Å². The lowest BCUT2D eigenvalue weighted by atomic mass is 10.1. The Morgan fingerprint density at radius 2 is 1.83 bits per heavy atom. The van der Waals surface area contributed by atoms with E-state index in [0.29, 0.717) is 0 Å². The first-order valence-corrected chi connectivity index (χ1v) is 12.8. The van der Waals surface area contributed by atoms with Crippen LogP contribution >= 0.6 is 7.75 Å². The number of carbonyl (C=O) groups is 1. The van der Waals surface area contributed by atoms with E-state index in [1.807, 2.05) is 4.98 Å². The molecule has 12 nitrogen and oxygen atoms in total. The Balaban J connectivity index is 1.81. The third kappa shape index (κ3) is 6.48. The smallest absolute Gasteiger partial charge is 0.459 e. The highest BCUT2D eigenvalue weighted by molar-refractivity contribution is 7.52. The molecule has 14 heteroatoms. The molecule has 1 aliphatic rings. The molecule has 0 aliphatic heterocycles. The zero-order chi connectivity index (χ0) is 26.6. The van der Waals surface area contributed by atoms with Gasteiger partial charge in [0.1, 0.15) is 24.1 Å². The summed E-state index contributed by atoms with van der Waals surface area (Å²) in [7, 11) is -4.35. The first-order chi connectivity index (χ1) is 16.9. The maximum atomic E-state index is 15.4. The van der Waals surface area contributed by atoms with Gasteiger partial charge in [0.2, 0.25) is 0 Å². The summed E-state index contributed by atoms with van der Waals surface area (Å²) in [6, 6.07) is 6.17. The van der Waals surface area contributed by atoms with Crippen LogP contribution in [-0.4, -0.2) is 62.9 Å². The minimum Gasteiger partial charge on any atom is -0.462 e. The number of esters is 1. The fraction of sp³-hybridized carbons (Fsp3) is 0.500. The van der Waals surface area contributed by atoms with Gasteiger partial charge >= 0.3 is 19.4 Å². The van der Waals surface area contributed by atoms with E-state index in [4.69, 9.17) is 13.8 Å². The molecular weight excluding hydrogens is 500 g/mol. The van der Waals surface area contributed by atoms with Crippen LogP contribution in [0.15, 0.2) is 52.2 Å². The monoisotopic (exact) mass is 529 g/mol. The number of aliphatic hydroxyl groups excluding tert-OH is 2. The molecule has 3 rings (SSSR count). The average Bonchev–Trinajstić information content (AvgIpc) is 3.00. The van der Waals surface area contributed by atoms with Gasteiger partial charge in [-0.1, -0.05) is 18.2 Å². The van der Waals surface area contributed by atoms with Crippen molar-refractivity contribution in [3.8, 4) is 5.75 Å². The highest BCUT2D eigenvalue weighted by atomic mass is 31.2. The Labute approximate surface area is 205 Å². The van der Waals surface area contributed by atoms with Crippen LogP contribution in [0.25, 0.3) is 0 Å². The van der Waals surface area contributed by atoms with Crippen LogP contribution in [0, 0.1) is 5.92 Å². The molecule has 2 aromatic rings. The Kier molecular flexibility index (Phi) is 8.85. The van der Waals surface area contributed by atoms with E-state index in [-0.39, 0.29) is 5.75 Å². The lowest BCUT2D eigenvalue weighted by Crippen LogP contribution is -2.38. The number of benzene rings is 1. The molecule has 1 aromatic heterocycles. The van der Waals surface area contributed by atoms with E-state index in [1.165, 1.54) is 19.1 Å². The number of ether oxygens (including phenoxy) is 1. The summed E-state index contributed by atoms with van der Waals surface area (Å²) in [5.41, 5.74) is -1.69. The molecule has 1 fully saturated rings. The number of aromatic amines is 1. The van der Waals surface area contributed by atoms with E-state index in [1.54, 1.807) is 32.0 Å². The molecule has 0 radical (unpaired) electrons. The van der Waals surface area contributed by atoms with Crippen molar-refractivity contribution in [2.24, 2.45) is 5.92 Å². The van der Waals surface area contributed by atoms with Gasteiger partial charge in [0.05, 0.1) is 24.9 Å². The third-order valence-electron chi connectivity index (χ3n) is 5.51. The van der Waals surface area contributed by atoms with E-state index in [0.717, 1.165) is 16.8 Å². The Morgan fingerprint density at radius 1 is 1.17 bits per heavy atom. The van der Waals surface area contributed by atoms with Crippen molar-refractivity contribution in [1.82, 2.24) is 14.6 Å². The molecule has 1 aliphatic carbocycles. The summed E-state index contributed by atoms with van der Waals surface area (Å²) >= 11 is 0. The minimum atomic E-state index is -4.35. The van der Waals surface area contributed by atoms with Gasteiger partial charge in [-0.15, -0.1) is 0 Å². The van der Waals surface area contributed by atoms with E-state index in [9.17, 15) is 29.2 Å². The van der Waals surface area contributed by atoms with Crippen LogP contribution in [0.4, 0.5) is 4.39 Å². The number of H-pyrrole nitrogens is 1. The molecule has 36 heavy (non-hydrogen) atoms. The number of nitrogens with one attached hydrogen (secondary N) is 2. The van der Waals surface area contributed by atoms with Gasteiger partial charge < -0.3 is 19.5 Å². The highest BCUT2D eigenvalue weighted by Gasteiger charge is 2.52. The number of hydrogen-bond acceptors (Lipinski definition) is 9. The second-order valence-electron chi connectivity index (χ2n) is 8.63. The first-order valence-electron chi connectivity index (χ1n) is 11.2. The Morgan fingerprint density at radius 3 is 2.44 bits per heavy atom. The number of aliphatic hydroxyl groups is 2. The molecule has 198 valence electrons. The molecule has 0 unspecified atom stereocenters. The molecule has 1 saturated carbocycles. The zero-order valence-electron chi connectivity index (χ0n) is 19.8. The van der Waals surface area contributed by atoms with Gasteiger partial charge in [-0.25, -0.2) is 13.8 Å². The van der Waals surface area contributed by atoms with Gasteiger partial charge in [0, 0.05) is 18.2 Å². The number of para-hydroxylation sites is 1. The molecule has 1 aromatic carbocycles. The van der Waals surface area contributed by atoms with Crippen molar-refractivity contribution in [3.63, 3.8) is 0 Å². The maximum Gasteiger partial charge on any atom is 0.459 e. The summed E-state index contributed by atoms with van der Waals surface area (Å²) < 4.78 is 45.7. The van der Waals surface area contributed by atoms with Crippen LogP contribution in [0.5, 0.6) is 5.75 Å². The van der Waals surface area contributed by atoms with Crippen LogP contribution in [0.1, 0.15) is 26.8 Å². The first kappa shape index (κ1) is 27.8. The van der Waals surface area contributed by atoms with Crippen molar-refractivity contribution in [2.75, 3.05) is 6.61 Å². The van der Waals surface area contributed by atoms with Crippen LogP contribution in [0.3, 0.4) is 0 Å². The van der Waals surface area contributed by atoms with Crippen LogP contribution < -0.4 is 20.9 Å². The molecule has 7 atom stereocenters.